The highest BCUT2D eigenvalue weighted by Crippen LogP contribution is 2.40. The van der Waals surface area contributed by atoms with Crippen molar-refractivity contribution in [3.63, 3.8) is 0 Å². The third-order valence-corrected chi connectivity index (χ3v) is 4.47. The second-order valence-electron chi connectivity index (χ2n) is 5.93. The molecule has 104 valence electrons. The van der Waals surface area contributed by atoms with Crippen molar-refractivity contribution in [2.75, 3.05) is 0 Å². The van der Waals surface area contributed by atoms with Crippen LogP contribution >= 0.6 is 0 Å². The summed E-state index contributed by atoms with van der Waals surface area (Å²) in [6, 6.07) is 10.1. The normalized spacial score (nSPS) is 26.6. The van der Waals surface area contributed by atoms with E-state index < -0.39 is 5.97 Å². The van der Waals surface area contributed by atoms with E-state index >= 15 is 0 Å². The van der Waals surface area contributed by atoms with Gasteiger partial charge in [-0.05, 0) is 48.8 Å². The molecule has 1 fully saturated rings. The number of hydrogen-bond donors (Lipinski definition) is 1. The zero-order chi connectivity index (χ0) is 14.1. The van der Waals surface area contributed by atoms with Gasteiger partial charge in [-0.25, -0.2) is 0 Å². The fourth-order valence-electron chi connectivity index (χ4n) is 3.34. The minimum Gasteiger partial charge on any atom is -0.481 e. The van der Waals surface area contributed by atoms with E-state index in [2.05, 4.69) is 18.0 Å². The van der Waals surface area contributed by atoms with Crippen LogP contribution in [-0.4, -0.2) is 16.1 Å². The van der Waals surface area contributed by atoms with Gasteiger partial charge in [0.1, 0.15) is 0 Å². The number of hydrogen-bond acceptors (Lipinski definition) is 2. The van der Waals surface area contributed by atoms with Gasteiger partial charge in [0, 0.05) is 11.6 Å². The van der Waals surface area contributed by atoms with Crippen molar-refractivity contribution in [3.8, 4) is 0 Å². The van der Waals surface area contributed by atoms with Crippen molar-refractivity contribution in [3.05, 3.63) is 42.1 Å². The van der Waals surface area contributed by atoms with Crippen LogP contribution in [0.1, 0.15) is 37.7 Å². The molecule has 3 rings (SSSR count). The predicted octanol–water partition coefficient (Wildman–Crippen LogP) is 3.84. The summed E-state index contributed by atoms with van der Waals surface area (Å²) < 4.78 is 0. The molecule has 1 aliphatic rings. The summed E-state index contributed by atoms with van der Waals surface area (Å²) in [6.45, 7) is 2.21. The lowest BCUT2D eigenvalue weighted by atomic mass is 9.72. The van der Waals surface area contributed by atoms with Gasteiger partial charge in [-0.1, -0.05) is 25.1 Å². The number of rotatable bonds is 2. The zero-order valence-electron chi connectivity index (χ0n) is 11.6. The van der Waals surface area contributed by atoms with Gasteiger partial charge < -0.3 is 5.11 Å². The maximum Gasteiger partial charge on any atom is 0.307 e. The second-order valence-corrected chi connectivity index (χ2v) is 5.93. The standard InChI is InChI=1S/C17H19NO2/c1-11-6-7-14(17(19)20)15(8-11)13-9-12-4-2-3-5-16(12)18-10-13/h2-5,9-11,14-15H,6-8H2,1H3,(H,19,20). The molecule has 0 spiro atoms. The predicted molar refractivity (Wildman–Crippen MR) is 78.6 cm³/mol. The Hall–Kier alpha value is -1.90. The first-order chi connectivity index (χ1) is 9.65. The highest BCUT2D eigenvalue weighted by atomic mass is 16.4. The number of benzene rings is 1. The first-order valence-corrected chi connectivity index (χ1v) is 7.22. The number of aliphatic carboxylic acids is 1. The van der Waals surface area contributed by atoms with Gasteiger partial charge in [0.2, 0.25) is 0 Å². The number of pyridine rings is 1. The van der Waals surface area contributed by atoms with Gasteiger partial charge in [-0.2, -0.15) is 0 Å². The Kier molecular flexibility index (Phi) is 3.43. The summed E-state index contributed by atoms with van der Waals surface area (Å²) in [6.07, 6.45) is 4.58. The Morgan fingerprint density at radius 3 is 2.90 bits per heavy atom. The van der Waals surface area contributed by atoms with E-state index in [1.807, 2.05) is 30.5 Å². The number of para-hydroxylation sites is 1. The van der Waals surface area contributed by atoms with Gasteiger partial charge in [0.15, 0.2) is 0 Å². The van der Waals surface area contributed by atoms with Crippen molar-refractivity contribution in [1.29, 1.82) is 0 Å². The Morgan fingerprint density at radius 1 is 1.30 bits per heavy atom. The molecule has 0 saturated heterocycles. The monoisotopic (exact) mass is 269 g/mol. The molecule has 0 amide bonds. The molecule has 1 aliphatic carbocycles. The average molecular weight is 269 g/mol. The molecular weight excluding hydrogens is 250 g/mol. The number of carbonyl (C=O) groups is 1. The molecule has 2 aromatic rings. The first kappa shape index (κ1) is 13.1. The molecular formula is C17H19NO2. The van der Waals surface area contributed by atoms with Crippen LogP contribution in [-0.2, 0) is 4.79 Å². The fourth-order valence-corrected chi connectivity index (χ4v) is 3.34. The van der Waals surface area contributed by atoms with Crippen LogP contribution in [0.4, 0.5) is 0 Å². The van der Waals surface area contributed by atoms with Crippen LogP contribution in [0.25, 0.3) is 10.9 Å². The molecule has 3 nitrogen and oxygen atoms in total. The van der Waals surface area contributed by atoms with Crippen LogP contribution in [0.15, 0.2) is 36.5 Å². The van der Waals surface area contributed by atoms with E-state index in [9.17, 15) is 9.90 Å². The third-order valence-electron chi connectivity index (χ3n) is 4.47. The van der Waals surface area contributed by atoms with Gasteiger partial charge >= 0.3 is 5.97 Å². The molecule has 3 unspecified atom stereocenters. The van der Waals surface area contributed by atoms with E-state index in [1.54, 1.807) is 0 Å². The highest BCUT2D eigenvalue weighted by molar-refractivity contribution is 5.79. The Bertz CT molecular complexity index is 638. The zero-order valence-corrected chi connectivity index (χ0v) is 11.6. The van der Waals surface area contributed by atoms with E-state index in [0.717, 1.165) is 35.7 Å². The maximum atomic E-state index is 11.5. The van der Waals surface area contributed by atoms with E-state index in [4.69, 9.17) is 0 Å². The second kappa shape index (κ2) is 5.23. The topological polar surface area (TPSA) is 50.2 Å². The molecule has 1 heterocycles. The molecule has 3 heteroatoms. The number of nitrogens with zero attached hydrogens (tertiary/aromatic N) is 1. The van der Waals surface area contributed by atoms with Crippen LogP contribution < -0.4 is 0 Å². The minimum absolute atomic E-state index is 0.0911. The Balaban J connectivity index is 2.00. The molecule has 0 bridgehead atoms. The largest absolute Gasteiger partial charge is 0.481 e. The molecule has 0 radical (unpaired) electrons. The summed E-state index contributed by atoms with van der Waals surface area (Å²) in [4.78, 5) is 16.0. The Labute approximate surface area is 118 Å². The van der Waals surface area contributed by atoms with E-state index in [-0.39, 0.29) is 11.8 Å². The lowest BCUT2D eigenvalue weighted by Gasteiger charge is -2.32. The quantitative estimate of drug-likeness (QED) is 0.901. The van der Waals surface area contributed by atoms with Gasteiger partial charge in [-0.3, -0.25) is 9.78 Å². The molecule has 1 N–H and O–H groups in total. The summed E-state index contributed by atoms with van der Waals surface area (Å²) in [7, 11) is 0. The van der Waals surface area contributed by atoms with Crippen molar-refractivity contribution >= 4 is 16.9 Å². The summed E-state index contributed by atoms with van der Waals surface area (Å²) in [5.74, 6) is -0.264. The number of aromatic nitrogens is 1. The molecule has 1 saturated carbocycles. The Morgan fingerprint density at radius 2 is 2.10 bits per heavy atom. The third kappa shape index (κ3) is 2.40. The lowest BCUT2D eigenvalue weighted by Crippen LogP contribution is -2.28. The summed E-state index contributed by atoms with van der Waals surface area (Å²) in [5.41, 5.74) is 2.04. The van der Waals surface area contributed by atoms with Gasteiger partial charge in [0.05, 0.1) is 11.4 Å². The molecule has 1 aromatic heterocycles. The number of fused-ring (bicyclic) bond motifs is 1. The first-order valence-electron chi connectivity index (χ1n) is 7.22. The van der Waals surface area contributed by atoms with E-state index in [0.29, 0.717) is 5.92 Å². The number of carboxylic acid groups (broad SMARTS) is 1. The summed E-state index contributed by atoms with van der Waals surface area (Å²) in [5, 5.41) is 10.5. The summed E-state index contributed by atoms with van der Waals surface area (Å²) >= 11 is 0. The van der Waals surface area contributed by atoms with Crippen LogP contribution in [0.2, 0.25) is 0 Å². The van der Waals surface area contributed by atoms with Crippen LogP contribution in [0, 0.1) is 11.8 Å². The lowest BCUT2D eigenvalue weighted by molar-refractivity contribution is -0.143. The smallest absolute Gasteiger partial charge is 0.307 e. The molecule has 20 heavy (non-hydrogen) atoms. The average Bonchev–Trinajstić information content (AvgIpc) is 2.46. The van der Waals surface area contributed by atoms with Crippen molar-refractivity contribution in [2.24, 2.45) is 11.8 Å². The molecule has 3 atom stereocenters. The van der Waals surface area contributed by atoms with Crippen LogP contribution in [0.3, 0.4) is 0 Å². The highest BCUT2D eigenvalue weighted by Gasteiger charge is 2.34. The van der Waals surface area contributed by atoms with Gasteiger partial charge in [0.25, 0.3) is 0 Å². The fraction of sp³-hybridized carbons (Fsp3) is 0.412. The molecule has 0 aliphatic heterocycles. The van der Waals surface area contributed by atoms with Crippen molar-refractivity contribution in [1.82, 2.24) is 4.98 Å². The van der Waals surface area contributed by atoms with Gasteiger partial charge in [-0.15, -0.1) is 0 Å². The van der Waals surface area contributed by atoms with E-state index in [1.165, 1.54) is 0 Å². The van der Waals surface area contributed by atoms with Crippen molar-refractivity contribution < 1.29 is 9.90 Å². The maximum absolute atomic E-state index is 11.5. The van der Waals surface area contributed by atoms with Crippen molar-refractivity contribution in [2.45, 2.75) is 32.1 Å². The van der Waals surface area contributed by atoms with Crippen LogP contribution in [0.5, 0.6) is 0 Å². The minimum atomic E-state index is -0.671. The SMILES string of the molecule is CC1CCC(C(=O)O)C(c2cnc3ccccc3c2)C1. The molecule has 1 aromatic carbocycles. The number of carboxylic acids is 1.